The van der Waals surface area contributed by atoms with Crippen LogP contribution in [0.5, 0.6) is 5.75 Å². The van der Waals surface area contributed by atoms with Crippen molar-refractivity contribution in [1.29, 1.82) is 0 Å². The van der Waals surface area contributed by atoms with Crippen molar-refractivity contribution < 1.29 is 4.74 Å². The second kappa shape index (κ2) is 8.76. The summed E-state index contributed by atoms with van der Waals surface area (Å²) in [6.45, 7) is 12.1. The molecule has 0 bridgehead atoms. The largest absolute Gasteiger partial charge is 0.493 e. The van der Waals surface area contributed by atoms with Crippen LogP contribution >= 0.6 is 0 Å². The summed E-state index contributed by atoms with van der Waals surface area (Å²) < 4.78 is 5.95. The van der Waals surface area contributed by atoms with Crippen LogP contribution in [0, 0.1) is 6.92 Å². The average molecular weight is 261 g/mol. The summed E-state index contributed by atoms with van der Waals surface area (Å²) in [4.78, 5) is 0. The molecule has 0 aliphatic heterocycles. The molecule has 0 aromatic heterocycles. The Morgan fingerprint density at radius 2 is 2.21 bits per heavy atom. The lowest BCUT2D eigenvalue weighted by Crippen LogP contribution is -2.27. The highest BCUT2D eigenvalue weighted by molar-refractivity contribution is 5.41. The molecule has 0 heterocycles. The average Bonchev–Trinajstić information content (AvgIpc) is 2.41. The lowest BCUT2D eigenvalue weighted by molar-refractivity contribution is 0.301. The lowest BCUT2D eigenvalue weighted by atomic mass is 10.1. The maximum absolute atomic E-state index is 5.95. The number of nitrogens with one attached hydrogen (secondary N) is 1. The van der Waals surface area contributed by atoms with Gasteiger partial charge in [-0.1, -0.05) is 31.2 Å². The van der Waals surface area contributed by atoms with Gasteiger partial charge < -0.3 is 10.1 Å². The first kappa shape index (κ1) is 15.8. The van der Waals surface area contributed by atoms with Crippen LogP contribution in [-0.4, -0.2) is 19.2 Å². The topological polar surface area (TPSA) is 21.3 Å². The minimum absolute atomic E-state index is 0.592. The fourth-order valence-electron chi connectivity index (χ4n) is 1.98. The van der Waals surface area contributed by atoms with E-state index in [1.165, 1.54) is 17.5 Å². The van der Waals surface area contributed by atoms with Crippen LogP contribution < -0.4 is 10.1 Å². The molecule has 0 unspecified atom stereocenters. The van der Waals surface area contributed by atoms with Gasteiger partial charge >= 0.3 is 0 Å². The van der Waals surface area contributed by atoms with Crippen LogP contribution in [-0.2, 0) is 6.42 Å². The van der Waals surface area contributed by atoms with Crippen LogP contribution in [0.3, 0.4) is 0 Å². The highest BCUT2D eigenvalue weighted by Gasteiger charge is 2.05. The molecule has 2 nitrogen and oxygen atoms in total. The molecule has 0 spiro atoms. The molecule has 1 aromatic rings. The first-order valence-corrected chi connectivity index (χ1v) is 7.24. The summed E-state index contributed by atoms with van der Waals surface area (Å²) >= 11 is 0. The van der Waals surface area contributed by atoms with Gasteiger partial charge in [0.15, 0.2) is 0 Å². The number of hydrogen-bond donors (Lipinski definition) is 1. The molecule has 2 heteroatoms. The van der Waals surface area contributed by atoms with E-state index >= 15 is 0 Å². The minimum atomic E-state index is 0.592. The number of aryl methyl sites for hydroxylation is 1. The van der Waals surface area contributed by atoms with Gasteiger partial charge in [-0.25, -0.2) is 0 Å². The molecular weight excluding hydrogens is 234 g/mol. The van der Waals surface area contributed by atoms with Gasteiger partial charge in [-0.2, -0.15) is 0 Å². The van der Waals surface area contributed by atoms with Gasteiger partial charge in [0.2, 0.25) is 0 Å². The summed E-state index contributed by atoms with van der Waals surface area (Å²) in [5, 5.41) is 3.48. The van der Waals surface area contributed by atoms with Crippen molar-refractivity contribution in [2.75, 3.05) is 13.2 Å². The van der Waals surface area contributed by atoms with Crippen LogP contribution in [0.1, 0.15) is 37.8 Å². The highest BCUT2D eigenvalue weighted by atomic mass is 16.5. The Labute approximate surface area is 117 Å². The van der Waals surface area contributed by atoms with Crippen molar-refractivity contribution in [2.24, 2.45) is 0 Å². The second-order valence-electron chi connectivity index (χ2n) is 5.02. The summed E-state index contributed by atoms with van der Waals surface area (Å²) in [5.41, 5.74) is 2.43. The molecule has 0 fully saturated rings. The lowest BCUT2D eigenvalue weighted by Gasteiger charge is -2.14. The van der Waals surface area contributed by atoms with Crippen LogP contribution in [0.15, 0.2) is 30.9 Å². The van der Waals surface area contributed by atoms with Gasteiger partial charge in [0.25, 0.3) is 0 Å². The zero-order valence-electron chi connectivity index (χ0n) is 12.5. The van der Waals surface area contributed by atoms with Gasteiger partial charge in [0.1, 0.15) is 5.75 Å². The minimum Gasteiger partial charge on any atom is -0.493 e. The summed E-state index contributed by atoms with van der Waals surface area (Å²) in [6.07, 6.45) is 4.99. The zero-order valence-corrected chi connectivity index (χ0v) is 12.5. The second-order valence-corrected chi connectivity index (χ2v) is 5.02. The predicted molar refractivity (Wildman–Crippen MR) is 82.9 cm³/mol. The van der Waals surface area contributed by atoms with Gasteiger partial charge in [0, 0.05) is 6.04 Å². The first-order valence-electron chi connectivity index (χ1n) is 7.24. The molecule has 0 saturated heterocycles. The Balaban J connectivity index is 2.42. The first-order chi connectivity index (χ1) is 9.19. The Bertz CT molecular complexity index is 387. The van der Waals surface area contributed by atoms with E-state index in [-0.39, 0.29) is 0 Å². The van der Waals surface area contributed by atoms with E-state index in [1.54, 1.807) is 0 Å². The SMILES string of the molecule is C=CCc1cccc(C)c1OCCCN[C@H](C)CC. The Morgan fingerprint density at radius 1 is 1.42 bits per heavy atom. The van der Waals surface area contributed by atoms with Gasteiger partial charge in [-0.05, 0) is 50.8 Å². The van der Waals surface area contributed by atoms with Crippen molar-refractivity contribution in [3.8, 4) is 5.75 Å². The Kier molecular flexibility index (Phi) is 7.27. The van der Waals surface area contributed by atoms with E-state index in [1.807, 2.05) is 6.08 Å². The zero-order chi connectivity index (χ0) is 14.1. The quantitative estimate of drug-likeness (QED) is 0.538. The van der Waals surface area contributed by atoms with E-state index < -0.39 is 0 Å². The van der Waals surface area contributed by atoms with E-state index in [9.17, 15) is 0 Å². The third-order valence-corrected chi connectivity index (χ3v) is 3.33. The number of para-hydroxylation sites is 1. The third-order valence-electron chi connectivity index (χ3n) is 3.33. The molecule has 0 radical (unpaired) electrons. The van der Waals surface area contributed by atoms with Crippen LogP contribution in [0.2, 0.25) is 0 Å². The normalized spacial score (nSPS) is 12.2. The number of benzene rings is 1. The summed E-state index contributed by atoms with van der Waals surface area (Å²) in [5.74, 6) is 1.03. The molecule has 0 aliphatic rings. The smallest absolute Gasteiger partial charge is 0.125 e. The number of rotatable bonds is 9. The van der Waals surface area contributed by atoms with Crippen molar-refractivity contribution in [3.05, 3.63) is 42.0 Å². The standard InChI is InChI=1S/C17H27NO/c1-5-9-16-11-7-10-14(3)17(16)19-13-8-12-18-15(4)6-2/h5,7,10-11,15,18H,1,6,8-9,12-13H2,2-4H3/t15-/m1/s1. The molecule has 0 amide bonds. The number of allylic oxidation sites excluding steroid dienone is 1. The van der Waals surface area contributed by atoms with Crippen molar-refractivity contribution in [3.63, 3.8) is 0 Å². The maximum atomic E-state index is 5.95. The molecular formula is C17H27NO. The van der Waals surface area contributed by atoms with Crippen molar-refractivity contribution in [1.82, 2.24) is 5.32 Å². The Morgan fingerprint density at radius 3 is 2.89 bits per heavy atom. The van der Waals surface area contributed by atoms with Crippen molar-refractivity contribution in [2.45, 2.75) is 46.1 Å². The van der Waals surface area contributed by atoms with E-state index in [4.69, 9.17) is 4.74 Å². The van der Waals surface area contributed by atoms with Crippen molar-refractivity contribution >= 4 is 0 Å². The molecule has 19 heavy (non-hydrogen) atoms. The van der Waals surface area contributed by atoms with Crippen LogP contribution in [0.4, 0.5) is 0 Å². The van der Waals surface area contributed by atoms with E-state index in [0.29, 0.717) is 6.04 Å². The fourth-order valence-corrected chi connectivity index (χ4v) is 1.98. The van der Waals surface area contributed by atoms with E-state index in [2.05, 4.69) is 50.9 Å². The number of ether oxygens (including phenoxy) is 1. The summed E-state index contributed by atoms with van der Waals surface area (Å²) in [7, 11) is 0. The molecule has 1 N–H and O–H groups in total. The van der Waals surface area contributed by atoms with Gasteiger partial charge in [-0.15, -0.1) is 6.58 Å². The molecule has 1 rings (SSSR count). The maximum Gasteiger partial charge on any atom is 0.125 e. The number of hydrogen-bond acceptors (Lipinski definition) is 2. The highest BCUT2D eigenvalue weighted by Crippen LogP contribution is 2.24. The Hall–Kier alpha value is -1.28. The molecule has 1 aromatic carbocycles. The fraction of sp³-hybridized carbons (Fsp3) is 0.529. The van der Waals surface area contributed by atoms with Gasteiger partial charge in [-0.3, -0.25) is 0 Å². The third kappa shape index (κ3) is 5.48. The van der Waals surface area contributed by atoms with E-state index in [0.717, 1.165) is 31.7 Å². The predicted octanol–water partition coefficient (Wildman–Crippen LogP) is 3.88. The monoisotopic (exact) mass is 261 g/mol. The molecule has 106 valence electrons. The molecule has 0 saturated carbocycles. The summed E-state index contributed by atoms with van der Waals surface area (Å²) in [6, 6.07) is 6.88. The molecule has 1 atom stereocenters. The molecule has 0 aliphatic carbocycles. The van der Waals surface area contributed by atoms with Gasteiger partial charge in [0.05, 0.1) is 6.61 Å². The van der Waals surface area contributed by atoms with Crippen LogP contribution in [0.25, 0.3) is 0 Å².